The van der Waals surface area contributed by atoms with Crippen molar-refractivity contribution in [1.29, 1.82) is 0 Å². The molecule has 0 spiro atoms. The first-order chi connectivity index (χ1) is 11.0. The molecule has 0 saturated carbocycles. The number of anilines is 2. The molecule has 8 heteroatoms. The summed E-state index contributed by atoms with van der Waals surface area (Å²) in [5.74, 6) is 0.591. The molecule has 23 heavy (non-hydrogen) atoms. The topological polar surface area (TPSA) is 42.5 Å². The maximum absolute atomic E-state index is 12.2. The van der Waals surface area contributed by atoms with E-state index >= 15 is 0 Å². The Morgan fingerprint density at radius 2 is 1.83 bits per heavy atom. The van der Waals surface area contributed by atoms with Gasteiger partial charge in [0, 0.05) is 17.4 Å². The second kappa shape index (κ2) is 7.94. The third-order valence-corrected chi connectivity index (χ3v) is 3.23. The van der Waals surface area contributed by atoms with Gasteiger partial charge in [-0.25, -0.2) is 0 Å². The predicted octanol–water partition coefficient (Wildman–Crippen LogP) is 4.76. The van der Waals surface area contributed by atoms with Crippen molar-refractivity contribution in [2.24, 2.45) is 0 Å². The molecule has 2 aromatic rings. The highest BCUT2D eigenvalue weighted by atomic mass is 35.5. The van der Waals surface area contributed by atoms with Gasteiger partial charge in [0.15, 0.2) is 5.11 Å². The van der Waals surface area contributed by atoms with Crippen LogP contribution in [0.4, 0.5) is 20.2 Å². The molecule has 0 atom stereocenters. The lowest BCUT2D eigenvalue weighted by Crippen LogP contribution is -2.19. The van der Waals surface area contributed by atoms with Gasteiger partial charge in [-0.15, -0.1) is 0 Å². The van der Waals surface area contributed by atoms with Crippen molar-refractivity contribution < 1.29 is 18.3 Å². The van der Waals surface area contributed by atoms with Crippen LogP contribution in [-0.4, -0.2) is 18.8 Å². The van der Waals surface area contributed by atoms with Gasteiger partial charge in [-0.3, -0.25) is 0 Å². The first-order valence-corrected chi connectivity index (χ1v) is 7.23. The average Bonchev–Trinajstić information content (AvgIpc) is 2.49. The van der Waals surface area contributed by atoms with Gasteiger partial charge >= 0.3 is 6.61 Å². The van der Waals surface area contributed by atoms with E-state index < -0.39 is 6.61 Å². The van der Waals surface area contributed by atoms with Crippen molar-refractivity contribution in [2.45, 2.75) is 6.61 Å². The first kappa shape index (κ1) is 17.2. The Balaban J connectivity index is 2.01. The Kier molecular flexibility index (Phi) is 5.95. The minimum absolute atomic E-state index is 0.0551. The zero-order chi connectivity index (χ0) is 16.8. The van der Waals surface area contributed by atoms with Crippen LogP contribution in [0.1, 0.15) is 0 Å². The van der Waals surface area contributed by atoms with Crippen molar-refractivity contribution in [3.05, 3.63) is 47.5 Å². The van der Waals surface area contributed by atoms with Crippen LogP contribution in [0.15, 0.2) is 42.5 Å². The molecule has 4 nitrogen and oxygen atoms in total. The minimum Gasteiger partial charge on any atom is -0.497 e. The van der Waals surface area contributed by atoms with Gasteiger partial charge in [0.05, 0.1) is 12.1 Å². The molecule has 0 radical (unpaired) electrons. The van der Waals surface area contributed by atoms with E-state index in [4.69, 9.17) is 28.6 Å². The largest absolute Gasteiger partial charge is 0.497 e. The number of ether oxygens (including phenoxy) is 2. The van der Waals surface area contributed by atoms with Crippen molar-refractivity contribution in [3.8, 4) is 11.5 Å². The van der Waals surface area contributed by atoms with E-state index in [1.165, 1.54) is 18.2 Å². The number of benzene rings is 2. The Bertz CT molecular complexity index is 701. The maximum Gasteiger partial charge on any atom is 0.387 e. The van der Waals surface area contributed by atoms with Crippen LogP contribution in [0.25, 0.3) is 0 Å². The summed E-state index contributed by atoms with van der Waals surface area (Å²) < 4.78 is 33.7. The van der Waals surface area contributed by atoms with Gasteiger partial charge in [-0.2, -0.15) is 8.78 Å². The van der Waals surface area contributed by atoms with Gasteiger partial charge in [0.1, 0.15) is 11.5 Å². The summed E-state index contributed by atoms with van der Waals surface area (Å²) in [6.07, 6.45) is 0. The standard InChI is InChI=1S/C15H13ClF2N2O2S/c1-21-11-4-2-3-9(7-11)19-15(23)20-10-5-6-13(12(16)8-10)22-14(17)18/h2-8,14H,1H3,(H2,19,20,23). The van der Waals surface area contributed by atoms with Crippen molar-refractivity contribution >= 4 is 40.3 Å². The summed E-state index contributed by atoms with van der Waals surface area (Å²) in [5.41, 5.74) is 1.28. The van der Waals surface area contributed by atoms with Crippen LogP contribution >= 0.6 is 23.8 Å². The van der Waals surface area contributed by atoms with Crippen LogP contribution in [0, 0.1) is 0 Å². The second-order valence-corrected chi connectivity index (χ2v) is 5.15. The summed E-state index contributed by atoms with van der Waals surface area (Å²) in [6.45, 7) is -2.93. The van der Waals surface area contributed by atoms with Crippen molar-refractivity contribution in [2.75, 3.05) is 17.7 Å². The molecule has 0 aliphatic carbocycles. The number of alkyl halides is 2. The van der Waals surface area contributed by atoms with Crippen LogP contribution in [0.3, 0.4) is 0 Å². The van der Waals surface area contributed by atoms with Crippen LogP contribution in [0.2, 0.25) is 5.02 Å². The highest BCUT2D eigenvalue weighted by Crippen LogP contribution is 2.29. The molecule has 2 N–H and O–H groups in total. The molecular weight excluding hydrogens is 346 g/mol. The second-order valence-electron chi connectivity index (χ2n) is 4.33. The number of thiocarbonyl (C=S) groups is 1. The number of halogens is 3. The van der Waals surface area contributed by atoms with E-state index in [2.05, 4.69) is 15.4 Å². The third kappa shape index (κ3) is 5.22. The molecule has 0 bridgehead atoms. The summed E-state index contributed by atoms with van der Waals surface area (Å²) in [7, 11) is 1.57. The van der Waals surface area contributed by atoms with Gasteiger partial charge < -0.3 is 20.1 Å². The summed E-state index contributed by atoms with van der Waals surface area (Å²) in [6, 6.07) is 11.5. The lowest BCUT2D eigenvalue weighted by Gasteiger charge is -2.13. The number of hydrogen-bond acceptors (Lipinski definition) is 3. The molecule has 0 saturated heterocycles. The normalized spacial score (nSPS) is 10.3. The van der Waals surface area contributed by atoms with E-state index in [0.29, 0.717) is 16.5 Å². The molecule has 2 rings (SSSR count). The van der Waals surface area contributed by atoms with E-state index in [1.807, 2.05) is 18.2 Å². The summed E-state index contributed by atoms with van der Waals surface area (Å²) in [4.78, 5) is 0. The van der Waals surface area contributed by atoms with Gasteiger partial charge in [-0.1, -0.05) is 17.7 Å². The van der Waals surface area contributed by atoms with Gasteiger partial charge in [0.25, 0.3) is 0 Å². The van der Waals surface area contributed by atoms with Crippen molar-refractivity contribution in [3.63, 3.8) is 0 Å². The van der Waals surface area contributed by atoms with Gasteiger partial charge in [0.2, 0.25) is 0 Å². The first-order valence-electron chi connectivity index (χ1n) is 6.44. The zero-order valence-electron chi connectivity index (χ0n) is 12.0. The molecule has 0 heterocycles. The molecule has 0 amide bonds. The molecule has 0 unspecified atom stereocenters. The Morgan fingerprint density at radius 3 is 2.43 bits per heavy atom. The molecule has 0 fully saturated rings. The fourth-order valence-corrected chi connectivity index (χ4v) is 2.23. The molecule has 0 aliphatic heterocycles. The summed E-state index contributed by atoms with van der Waals surface area (Å²) in [5, 5.41) is 6.25. The molecule has 2 aromatic carbocycles. The Hall–Kier alpha value is -2.12. The molecule has 0 aliphatic rings. The average molecular weight is 359 g/mol. The smallest absolute Gasteiger partial charge is 0.387 e. The Morgan fingerprint density at radius 1 is 1.13 bits per heavy atom. The van der Waals surface area contributed by atoms with E-state index in [0.717, 1.165) is 5.69 Å². The third-order valence-electron chi connectivity index (χ3n) is 2.73. The quantitative estimate of drug-likeness (QED) is 0.754. The number of methoxy groups -OCH3 is 1. The van der Waals surface area contributed by atoms with Crippen molar-refractivity contribution in [1.82, 2.24) is 0 Å². The van der Waals surface area contributed by atoms with Crippen LogP contribution < -0.4 is 20.1 Å². The zero-order valence-corrected chi connectivity index (χ0v) is 13.5. The lowest BCUT2D eigenvalue weighted by atomic mass is 10.3. The minimum atomic E-state index is -2.93. The maximum atomic E-state index is 12.2. The monoisotopic (exact) mass is 358 g/mol. The molecule has 122 valence electrons. The van der Waals surface area contributed by atoms with E-state index in [-0.39, 0.29) is 10.8 Å². The molecular formula is C15H13ClF2N2O2S. The number of rotatable bonds is 5. The number of nitrogens with one attached hydrogen (secondary N) is 2. The highest BCUT2D eigenvalue weighted by Gasteiger charge is 2.09. The fourth-order valence-electron chi connectivity index (χ4n) is 1.76. The SMILES string of the molecule is COc1cccc(NC(=S)Nc2ccc(OC(F)F)c(Cl)c2)c1. The van der Waals surface area contributed by atoms with Gasteiger partial charge in [-0.05, 0) is 42.5 Å². The van der Waals surface area contributed by atoms with Crippen LogP contribution in [-0.2, 0) is 0 Å². The predicted molar refractivity (Wildman–Crippen MR) is 90.9 cm³/mol. The van der Waals surface area contributed by atoms with E-state index in [1.54, 1.807) is 13.2 Å². The highest BCUT2D eigenvalue weighted by molar-refractivity contribution is 7.80. The van der Waals surface area contributed by atoms with E-state index in [9.17, 15) is 8.78 Å². The van der Waals surface area contributed by atoms with Crippen LogP contribution in [0.5, 0.6) is 11.5 Å². The lowest BCUT2D eigenvalue weighted by molar-refractivity contribution is -0.0497. The molecule has 0 aromatic heterocycles. The fraction of sp³-hybridized carbons (Fsp3) is 0.133. The number of hydrogen-bond donors (Lipinski definition) is 2. The Labute approximate surface area is 142 Å². The summed E-state index contributed by atoms with van der Waals surface area (Å²) >= 11 is 11.1.